The maximum absolute atomic E-state index is 12.8. The zero-order valence-corrected chi connectivity index (χ0v) is 11.7. The second-order valence-corrected chi connectivity index (χ2v) is 4.85. The number of hydrogen-bond acceptors (Lipinski definition) is 2. The molecule has 0 radical (unpaired) electrons. The molecule has 3 aromatic rings. The summed E-state index contributed by atoms with van der Waals surface area (Å²) in [5.74, 6) is -0.505. The Hall–Kier alpha value is -2.95. The third kappa shape index (κ3) is 3.20. The highest BCUT2D eigenvalue weighted by Crippen LogP contribution is 2.15. The van der Waals surface area contributed by atoms with Gasteiger partial charge >= 0.3 is 0 Å². The molecule has 0 aliphatic heterocycles. The van der Waals surface area contributed by atoms with E-state index in [1.807, 2.05) is 18.2 Å². The number of aromatic nitrogens is 2. The van der Waals surface area contributed by atoms with Gasteiger partial charge in [-0.3, -0.25) is 9.89 Å². The monoisotopic (exact) mass is 295 g/mol. The van der Waals surface area contributed by atoms with Crippen LogP contribution in [-0.2, 0) is 11.3 Å². The number of fused-ring (bicyclic) bond motifs is 1. The zero-order valence-electron chi connectivity index (χ0n) is 11.7. The van der Waals surface area contributed by atoms with Crippen LogP contribution >= 0.6 is 0 Å². The van der Waals surface area contributed by atoms with Crippen molar-refractivity contribution in [1.29, 1.82) is 0 Å². The van der Waals surface area contributed by atoms with Crippen molar-refractivity contribution in [2.75, 3.05) is 0 Å². The molecule has 0 saturated heterocycles. The number of rotatable bonds is 4. The molecule has 2 aromatic carbocycles. The SMILES string of the molecule is O=C(/C=C/c1ccc(F)cc1)NCc1cccc2cn[nH]c12. The molecule has 1 aromatic heterocycles. The van der Waals surface area contributed by atoms with Crippen LogP contribution in [0, 0.1) is 5.82 Å². The number of carbonyl (C=O) groups is 1. The van der Waals surface area contributed by atoms with E-state index < -0.39 is 0 Å². The molecule has 110 valence electrons. The molecule has 5 heteroatoms. The third-order valence-electron chi connectivity index (χ3n) is 3.31. The maximum atomic E-state index is 12.8. The third-order valence-corrected chi connectivity index (χ3v) is 3.31. The largest absolute Gasteiger partial charge is 0.348 e. The Morgan fingerprint density at radius 2 is 2.05 bits per heavy atom. The highest BCUT2D eigenvalue weighted by molar-refractivity contribution is 5.92. The number of carbonyl (C=O) groups excluding carboxylic acids is 1. The lowest BCUT2D eigenvalue weighted by atomic mass is 10.1. The molecule has 22 heavy (non-hydrogen) atoms. The summed E-state index contributed by atoms with van der Waals surface area (Å²) in [6.45, 7) is 0.409. The number of para-hydroxylation sites is 1. The lowest BCUT2D eigenvalue weighted by Crippen LogP contribution is -2.20. The van der Waals surface area contributed by atoms with Crippen LogP contribution in [0.4, 0.5) is 4.39 Å². The Morgan fingerprint density at radius 1 is 1.23 bits per heavy atom. The van der Waals surface area contributed by atoms with E-state index in [0.717, 1.165) is 22.0 Å². The predicted molar refractivity (Wildman–Crippen MR) is 83.4 cm³/mol. The Kier molecular flexibility index (Phi) is 3.96. The van der Waals surface area contributed by atoms with Crippen LogP contribution < -0.4 is 5.32 Å². The van der Waals surface area contributed by atoms with Crippen LogP contribution in [0.2, 0.25) is 0 Å². The van der Waals surface area contributed by atoms with Crippen LogP contribution in [0.3, 0.4) is 0 Å². The minimum absolute atomic E-state index is 0.208. The Balaban J connectivity index is 1.62. The van der Waals surface area contributed by atoms with E-state index in [-0.39, 0.29) is 11.7 Å². The second kappa shape index (κ2) is 6.22. The van der Waals surface area contributed by atoms with E-state index in [1.165, 1.54) is 18.2 Å². The molecular weight excluding hydrogens is 281 g/mol. The van der Waals surface area contributed by atoms with Crippen LogP contribution in [0.5, 0.6) is 0 Å². The van der Waals surface area contributed by atoms with Crippen LogP contribution in [0.1, 0.15) is 11.1 Å². The second-order valence-electron chi connectivity index (χ2n) is 4.85. The van der Waals surface area contributed by atoms with Crippen molar-refractivity contribution in [3.63, 3.8) is 0 Å². The summed E-state index contributed by atoms with van der Waals surface area (Å²) in [6, 6.07) is 11.8. The molecule has 0 fully saturated rings. The molecule has 0 saturated carbocycles. The molecule has 0 unspecified atom stereocenters. The van der Waals surface area contributed by atoms with Gasteiger partial charge in [0.05, 0.1) is 11.7 Å². The Morgan fingerprint density at radius 3 is 2.86 bits per heavy atom. The van der Waals surface area contributed by atoms with Gasteiger partial charge < -0.3 is 5.32 Å². The maximum Gasteiger partial charge on any atom is 0.244 e. The van der Waals surface area contributed by atoms with E-state index in [4.69, 9.17) is 0 Å². The zero-order chi connectivity index (χ0) is 15.4. The number of aromatic amines is 1. The van der Waals surface area contributed by atoms with Crippen LogP contribution in [0.15, 0.2) is 54.7 Å². The highest BCUT2D eigenvalue weighted by Gasteiger charge is 2.03. The first kappa shape index (κ1) is 14.0. The van der Waals surface area contributed by atoms with E-state index in [1.54, 1.807) is 24.4 Å². The van der Waals surface area contributed by atoms with Gasteiger partial charge in [0.2, 0.25) is 5.91 Å². The van der Waals surface area contributed by atoms with Gasteiger partial charge in [-0.15, -0.1) is 0 Å². The summed E-state index contributed by atoms with van der Waals surface area (Å²) in [4.78, 5) is 11.8. The number of H-pyrrole nitrogens is 1. The van der Waals surface area contributed by atoms with Crippen molar-refractivity contribution in [2.24, 2.45) is 0 Å². The summed E-state index contributed by atoms with van der Waals surface area (Å²) in [6.07, 6.45) is 4.82. The average molecular weight is 295 g/mol. The highest BCUT2D eigenvalue weighted by atomic mass is 19.1. The standard InChI is InChI=1S/C17H14FN3O/c18-15-7-4-12(5-8-15)6-9-16(22)19-10-13-2-1-3-14-11-20-21-17(13)14/h1-9,11H,10H2,(H,19,22)(H,20,21)/b9-6+. The van der Waals surface area contributed by atoms with Crippen molar-refractivity contribution in [2.45, 2.75) is 6.54 Å². The normalized spacial score (nSPS) is 11.1. The van der Waals surface area contributed by atoms with Crippen molar-refractivity contribution in [3.05, 3.63) is 71.7 Å². The van der Waals surface area contributed by atoms with Gasteiger partial charge in [-0.25, -0.2) is 4.39 Å². The number of amides is 1. The number of nitrogens with zero attached hydrogens (tertiary/aromatic N) is 1. The van der Waals surface area contributed by atoms with Gasteiger partial charge in [-0.2, -0.15) is 5.10 Å². The lowest BCUT2D eigenvalue weighted by Gasteiger charge is -2.03. The molecule has 1 heterocycles. The summed E-state index contributed by atoms with van der Waals surface area (Å²) >= 11 is 0. The minimum Gasteiger partial charge on any atom is -0.348 e. The van der Waals surface area contributed by atoms with E-state index in [0.29, 0.717) is 6.54 Å². The fourth-order valence-corrected chi connectivity index (χ4v) is 2.16. The van der Waals surface area contributed by atoms with Gasteiger partial charge in [0.1, 0.15) is 5.82 Å². The van der Waals surface area contributed by atoms with Crippen molar-refractivity contribution < 1.29 is 9.18 Å². The van der Waals surface area contributed by atoms with Crippen LogP contribution in [0.25, 0.3) is 17.0 Å². The topological polar surface area (TPSA) is 57.8 Å². The van der Waals surface area contributed by atoms with Crippen molar-refractivity contribution in [3.8, 4) is 0 Å². The lowest BCUT2D eigenvalue weighted by molar-refractivity contribution is -0.116. The first-order chi connectivity index (χ1) is 10.7. The predicted octanol–water partition coefficient (Wildman–Crippen LogP) is 3.03. The number of halogens is 1. The van der Waals surface area contributed by atoms with Crippen LogP contribution in [-0.4, -0.2) is 16.1 Å². The number of benzene rings is 2. The van der Waals surface area contributed by atoms with Crippen molar-refractivity contribution in [1.82, 2.24) is 15.5 Å². The molecule has 0 spiro atoms. The van der Waals surface area contributed by atoms with Gasteiger partial charge in [-0.1, -0.05) is 30.3 Å². The van der Waals surface area contributed by atoms with E-state index >= 15 is 0 Å². The molecule has 0 atom stereocenters. The van der Waals surface area contributed by atoms with Gasteiger partial charge in [0.25, 0.3) is 0 Å². The first-order valence-corrected chi connectivity index (χ1v) is 6.85. The van der Waals surface area contributed by atoms with Gasteiger partial charge in [0, 0.05) is 18.0 Å². The van der Waals surface area contributed by atoms with Crippen molar-refractivity contribution >= 4 is 22.9 Å². The fraction of sp³-hybridized carbons (Fsp3) is 0.0588. The quantitative estimate of drug-likeness (QED) is 0.727. The van der Waals surface area contributed by atoms with Gasteiger partial charge in [-0.05, 0) is 29.3 Å². The fourth-order valence-electron chi connectivity index (χ4n) is 2.16. The van der Waals surface area contributed by atoms with E-state index in [9.17, 15) is 9.18 Å². The summed E-state index contributed by atoms with van der Waals surface area (Å²) in [5, 5.41) is 10.7. The number of nitrogens with one attached hydrogen (secondary N) is 2. The van der Waals surface area contributed by atoms with Gasteiger partial charge in [0.15, 0.2) is 0 Å². The average Bonchev–Trinajstić information content (AvgIpc) is 3.01. The number of hydrogen-bond donors (Lipinski definition) is 2. The molecule has 0 aliphatic rings. The molecule has 4 nitrogen and oxygen atoms in total. The molecular formula is C17H14FN3O. The first-order valence-electron chi connectivity index (χ1n) is 6.85. The Bertz CT molecular complexity index is 821. The minimum atomic E-state index is -0.297. The summed E-state index contributed by atoms with van der Waals surface area (Å²) in [5.41, 5.74) is 2.66. The summed E-state index contributed by atoms with van der Waals surface area (Å²) in [7, 11) is 0. The molecule has 3 rings (SSSR count). The Labute approximate surface area is 126 Å². The summed E-state index contributed by atoms with van der Waals surface area (Å²) < 4.78 is 12.8. The van der Waals surface area contributed by atoms with E-state index in [2.05, 4.69) is 15.5 Å². The molecule has 0 bridgehead atoms. The molecule has 2 N–H and O–H groups in total. The molecule has 0 aliphatic carbocycles. The molecule has 1 amide bonds. The smallest absolute Gasteiger partial charge is 0.244 e.